The third-order valence-corrected chi connectivity index (χ3v) is 26.5. The van der Waals surface area contributed by atoms with Gasteiger partial charge in [-0.3, -0.25) is 4.79 Å². The highest BCUT2D eigenvalue weighted by Gasteiger charge is 2.32. The number of nitrogens with zero attached hydrogens (tertiary/aromatic N) is 5. The highest BCUT2D eigenvalue weighted by Crippen LogP contribution is 2.42. The molecule has 6 aromatic rings. The number of hydrogen-bond acceptors (Lipinski definition) is 25. The number of carbonyl (C=O) groups excluding carboxylic acids is 2. The molecule has 29 nitrogen and oxygen atoms in total. The number of Topliss-reactive ketones (excluding diaryl/α,β-unsaturated/α-hetero) is 1. The van der Waals surface area contributed by atoms with E-state index in [-0.39, 0.29) is 76.3 Å². The van der Waals surface area contributed by atoms with Crippen LogP contribution in [0.3, 0.4) is 0 Å². The van der Waals surface area contributed by atoms with Gasteiger partial charge in [-0.2, -0.15) is 9.81 Å². The molecule has 2 amide bonds. The summed E-state index contributed by atoms with van der Waals surface area (Å²) in [6.45, 7) is 13.3. The second-order valence-electron chi connectivity index (χ2n) is 29.6. The van der Waals surface area contributed by atoms with Crippen LogP contribution >= 0.6 is 69.6 Å². The van der Waals surface area contributed by atoms with E-state index in [4.69, 9.17) is 118 Å². The van der Waals surface area contributed by atoms with Gasteiger partial charge in [-0.15, -0.1) is 0 Å². The predicted molar refractivity (Wildman–Crippen MR) is 481 cm³/mol. The molecule has 38 heteroatoms. The molecule has 3 aliphatic rings. The van der Waals surface area contributed by atoms with E-state index < -0.39 is 29.9 Å². The Morgan fingerprint density at radius 1 is 0.390 bits per heavy atom. The van der Waals surface area contributed by atoms with Crippen molar-refractivity contribution < 1.29 is 77.5 Å². The van der Waals surface area contributed by atoms with Gasteiger partial charge in [0.25, 0.3) is 0 Å². The fourth-order valence-corrected chi connectivity index (χ4v) is 18.9. The Labute approximate surface area is 754 Å². The van der Waals surface area contributed by atoms with Crippen molar-refractivity contribution in [1.29, 1.82) is 0 Å². The number of carbonyl (C=O) groups is 2. The second kappa shape index (κ2) is 57.4. The van der Waals surface area contributed by atoms with Crippen LogP contribution in [0.2, 0.25) is 30.1 Å². The minimum atomic E-state index is -3.73. The first-order valence-corrected chi connectivity index (χ1v) is 48.1. The van der Waals surface area contributed by atoms with Crippen LogP contribution < -0.4 is 25.8 Å². The van der Waals surface area contributed by atoms with E-state index in [1.165, 1.54) is 0 Å². The van der Waals surface area contributed by atoms with Gasteiger partial charge >= 0.3 is 6.03 Å². The lowest BCUT2D eigenvalue weighted by atomic mass is 9.85. The molecule has 0 saturated carbocycles. The van der Waals surface area contributed by atoms with Crippen molar-refractivity contribution in [2.24, 2.45) is 16.1 Å². The van der Waals surface area contributed by atoms with Gasteiger partial charge in [0.15, 0.2) is 9.84 Å². The number of rotatable bonds is 56. The molecule has 9 rings (SSSR count). The Morgan fingerprint density at radius 3 is 1.09 bits per heavy atom. The number of nitrogens with two attached hydrogens (primary N) is 1. The zero-order chi connectivity index (χ0) is 88.8. The van der Waals surface area contributed by atoms with Crippen molar-refractivity contribution in [2.45, 2.75) is 110 Å². The molecule has 3 aliphatic heterocycles. The molecular formula is C85H118Cl6N10O19S3. The average Bonchev–Trinajstić information content (AvgIpc) is 0.784. The number of benzene rings is 6. The van der Waals surface area contributed by atoms with Crippen LogP contribution in [-0.2, 0) is 96.9 Å². The smallest absolute Gasteiger partial charge is 0.314 e. The van der Waals surface area contributed by atoms with E-state index in [0.29, 0.717) is 207 Å². The lowest BCUT2D eigenvalue weighted by Crippen LogP contribution is -2.37. The Hall–Kier alpha value is -5.55. The topological polar surface area (TPSA) is 362 Å². The molecule has 3 unspecified atom stereocenters. The Kier molecular flexibility index (Phi) is 48.8. The first-order valence-electron chi connectivity index (χ1n) is 41.3. The molecule has 0 saturated heterocycles. The van der Waals surface area contributed by atoms with Gasteiger partial charge in [0, 0.05) is 146 Å². The maximum Gasteiger partial charge on any atom is 0.314 e. The van der Waals surface area contributed by atoms with Gasteiger partial charge in [0.2, 0.25) is 20.0 Å². The van der Waals surface area contributed by atoms with E-state index in [1.54, 1.807) is 54.6 Å². The molecule has 3 heterocycles. The molecule has 0 fully saturated rings. The van der Waals surface area contributed by atoms with E-state index in [0.717, 1.165) is 109 Å². The SMILES string of the molecule is CN1Cc2c(Cl)cc(Cl)cc2C(c2ccc(S(=O)(=O)CCCOCCOCCOCCCC(=O)CCCCCNC(=O)NCCOCCOCCOCCNS(=O)(=O)c3ccc(C4CN(C)Cc5c(Cl)cc(Cl)cc54)cc3)cc2)C1.CN1Cc2c(Cl)cc(Cl)cc2C(c2ccc(S(=O)(=O)NCCOCCOCCOCCN)cc2)C1.O=NCCCCN=O. The first-order chi connectivity index (χ1) is 59.2. The lowest BCUT2D eigenvalue weighted by molar-refractivity contribution is -0.119. The normalized spacial score (nSPS) is 15.5. The largest absolute Gasteiger partial charge is 0.379 e. The van der Waals surface area contributed by atoms with Crippen LogP contribution in [0.15, 0.2) is 134 Å². The number of fused-ring (bicyclic) bond motifs is 3. The Bertz CT molecular complexity index is 4350. The summed E-state index contributed by atoms with van der Waals surface area (Å²) in [6, 6.07) is 31.8. The quantitative estimate of drug-likeness (QED) is 0.0175. The van der Waals surface area contributed by atoms with Crippen LogP contribution in [0.5, 0.6) is 0 Å². The number of urea groups is 1. The molecule has 3 atom stereocenters. The monoisotopic (exact) mass is 1890 g/mol. The fraction of sp³-hybridized carbons (Fsp3) is 0.553. The van der Waals surface area contributed by atoms with E-state index >= 15 is 0 Å². The summed E-state index contributed by atoms with van der Waals surface area (Å²) in [5.74, 6) is 0.256. The molecule has 0 bridgehead atoms. The molecule has 0 aromatic heterocycles. The van der Waals surface area contributed by atoms with Crippen molar-refractivity contribution in [1.82, 2.24) is 34.8 Å². The van der Waals surface area contributed by atoms with Crippen molar-refractivity contribution in [3.8, 4) is 0 Å². The number of hydrogen-bond donors (Lipinski definition) is 5. The summed E-state index contributed by atoms with van der Waals surface area (Å²) in [4.78, 5) is 50.4. The number of unbranched alkanes of at least 4 members (excludes halogenated alkanes) is 3. The summed E-state index contributed by atoms with van der Waals surface area (Å²) in [6.07, 6.45) is 5.65. The minimum absolute atomic E-state index is 0.00808. The van der Waals surface area contributed by atoms with E-state index in [2.05, 4.69) is 45.1 Å². The van der Waals surface area contributed by atoms with Gasteiger partial charge < -0.3 is 73.7 Å². The van der Waals surface area contributed by atoms with Crippen LogP contribution in [0.4, 0.5) is 4.79 Å². The minimum Gasteiger partial charge on any atom is -0.379 e. The number of sulfone groups is 1. The second-order valence-corrected chi connectivity index (χ2v) is 37.8. The molecule has 682 valence electrons. The number of ketones is 1. The van der Waals surface area contributed by atoms with Crippen LogP contribution in [0.25, 0.3) is 0 Å². The molecule has 0 radical (unpaired) electrons. The maximum atomic E-state index is 13.0. The van der Waals surface area contributed by atoms with Crippen molar-refractivity contribution >= 4 is 111 Å². The van der Waals surface area contributed by atoms with E-state index in [1.807, 2.05) is 75.7 Å². The van der Waals surface area contributed by atoms with Gasteiger partial charge in [0.1, 0.15) is 5.78 Å². The van der Waals surface area contributed by atoms with Gasteiger partial charge in [0.05, 0.1) is 139 Å². The van der Waals surface area contributed by atoms with Crippen molar-refractivity contribution in [3.05, 3.63) is 199 Å². The standard InChI is InChI=1S/C57H77Cl4N5O12S2.C24H33Cl2N3O5S.C4H8N2O2/c1-65-38-51(49-34-44(58)36-55(60)53(49)40-65)42-10-14-47(15-11-42)79(69,70)33-7-22-74-26-30-77-29-25-73-21-6-9-46(67)8-4-3-5-18-62-57(68)63-19-23-75-27-31-78-32-28-76-24-20-64-80(71,72)48-16-12-43(13-17-48)52-39-66(2)41-54-50(52)35-45(59)37-56(54)61;1-29-16-22(21-14-19(25)15-24(26)23(21)17-29)18-2-4-20(5-3-18)35(30,31)28-7-9-33-11-13-34-12-10-32-8-6-27;7-5-3-1-2-4-6-8/h10-17,34-37,51-52,64H,3-9,18-33,38-41H2,1-2H3,(H2,62,63,68);2-5,14-15,22,28H,6-13,16-17,27H2,1H3;1-4H2. The molecule has 6 N–H and O–H groups in total. The summed E-state index contributed by atoms with van der Waals surface area (Å²) >= 11 is 38.4. The Morgan fingerprint density at radius 2 is 0.715 bits per heavy atom. The molecule has 0 aliphatic carbocycles. The van der Waals surface area contributed by atoms with Crippen molar-refractivity contribution in [3.63, 3.8) is 0 Å². The number of ether oxygens (including phenoxy) is 9. The lowest BCUT2D eigenvalue weighted by Gasteiger charge is -2.33. The highest BCUT2D eigenvalue weighted by molar-refractivity contribution is 7.91. The number of nitroso groups, excluding NO2 is 2. The average molecular weight is 1890 g/mol. The third kappa shape index (κ3) is 38.0. The van der Waals surface area contributed by atoms with Crippen molar-refractivity contribution in [2.75, 3.05) is 211 Å². The predicted octanol–water partition coefficient (Wildman–Crippen LogP) is 13.1. The third-order valence-electron chi connectivity index (χ3n) is 20.0. The Balaban J connectivity index is 0.000000396. The van der Waals surface area contributed by atoms with Crippen LogP contribution in [0.1, 0.15) is 126 Å². The maximum absolute atomic E-state index is 13.0. The number of halogens is 6. The van der Waals surface area contributed by atoms with Crippen LogP contribution in [-0.4, -0.2) is 263 Å². The number of nitrogens with one attached hydrogen (secondary N) is 4. The van der Waals surface area contributed by atoms with Crippen LogP contribution in [0, 0.1) is 9.81 Å². The molecule has 6 aromatic carbocycles. The van der Waals surface area contributed by atoms with Gasteiger partial charge in [-0.1, -0.05) is 123 Å². The summed E-state index contributed by atoms with van der Waals surface area (Å²) in [5, 5.41) is 14.5. The van der Waals surface area contributed by atoms with Gasteiger partial charge in [-0.25, -0.2) is 39.5 Å². The fourth-order valence-electron chi connectivity index (χ4n) is 13.9. The van der Waals surface area contributed by atoms with Gasteiger partial charge in [-0.05, 0) is 183 Å². The highest BCUT2D eigenvalue weighted by atomic mass is 35.5. The molecular weight excluding hydrogens is 1770 g/mol. The zero-order valence-corrected chi connectivity index (χ0v) is 77.2. The number of likely N-dealkylation sites (N-methyl/N-ethyl adjacent to an activating group) is 3. The first kappa shape index (κ1) is 105. The zero-order valence-electron chi connectivity index (χ0n) is 70.2. The molecule has 0 spiro atoms. The number of amides is 2. The number of sulfonamides is 2. The summed E-state index contributed by atoms with van der Waals surface area (Å²) < 4.78 is 132. The summed E-state index contributed by atoms with van der Waals surface area (Å²) in [7, 11) is -4.74. The summed E-state index contributed by atoms with van der Waals surface area (Å²) in [5.41, 5.74) is 14.7. The van der Waals surface area contributed by atoms with E-state index in [9.17, 15) is 44.7 Å². The molecule has 123 heavy (non-hydrogen) atoms.